The molecule has 0 radical (unpaired) electrons. The Morgan fingerprint density at radius 2 is 1.25 bits per heavy atom. The van der Waals surface area contributed by atoms with E-state index < -0.39 is 150 Å². The molecule has 3 aromatic heterocycles. The van der Waals surface area contributed by atoms with Crippen LogP contribution in [-0.4, -0.2) is 186 Å². The van der Waals surface area contributed by atoms with Gasteiger partial charge in [0.05, 0.1) is 19.3 Å². The topological polar surface area (TPSA) is 411 Å². The van der Waals surface area contributed by atoms with Gasteiger partial charge in [0.25, 0.3) is 0 Å². The molecule has 0 aliphatic carbocycles. The normalized spacial score (nSPS) is 23.4. The number of fused-ring (bicyclic) bond motifs is 6. The Balaban J connectivity index is 0.988. The first kappa shape index (κ1) is 73.6. The van der Waals surface area contributed by atoms with Gasteiger partial charge >= 0.3 is 5.97 Å². The minimum atomic E-state index is -2.01. The zero-order chi connectivity index (χ0) is 71.7. The lowest BCUT2D eigenvalue weighted by atomic mass is 9.90. The maximum absolute atomic E-state index is 15.5. The van der Waals surface area contributed by atoms with Gasteiger partial charge in [-0.1, -0.05) is 54.6 Å². The van der Waals surface area contributed by atoms with Crippen LogP contribution in [0.3, 0.4) is 0 Å². The largest absolute Gasteiger partial charge is 0.481 e. The Morgan fingerprint density at radius 1 is 0.614 bits per heavy atom. The molecule has 27 nitrogen and oxygen atoms in total. The van der Waals surface area contributed by atoms with Crippen LogP contribution in [0, 0.1) is 11.6 Å². The Kier molecular flexibility index (Phi) is 25.3. The fourth-order valence-electron chi connectivity index (χ4n) is 13.1. The summed E-state index contributed by atoms with van der Waals surface area (Å²) in [5.41, 5.74) is 16.0. The summed E-state index contributed by atoms with van der Waals surface area (Å²) in [7, 11) is 0. The molecular formula is C70H81F2N15O12S2. The first-order chi connectivity index (χ1) is 48.7. The number of amides is 10. The van der Waals surface area contributed by atoms with Crippen molar-refractivity contribution in [2.45, 2.75) is 136 Å². The van der Waals surface area contributed by atoms with Gasteiger partial charge in [-0.15, -0.1) is 0 Å². The number of nitrogens with one attached hydrogen (secondary N) is 10. The van der Waals surface area contributed by atoms with Crippen LogP contribution in [0.15, 0.2) is 116 Å². The summed E-state index contributed by atoms with van der Waals surface area (Å²) in [6, 6.07) is 12.7. The number of unbranched alkanes of at least 4 members (excludes halogenated alkanes) is 1. The number of H-pyrrole nitrogens is 3. The molecule has 534 valence electrons. The maximum atomic E-state index is 15.5. The summed E-state index contributed by atoms with van der Waals surface area (Å²) in [6.45, 7) is -0.358. The molecule has 2 fully saturated rings. The number of halogens is 2. The second kappa shape index (κ2) is 34.8. The Bertz CT molecular complexity index is 4160. The third-order valence-corrected chi connectivity index (χ3v) is 20.3. The van der Waals surface area contributed by atoms with Crippen molar-refractivity contribution in [3.63, 3.8) is 0 Å². The molecule has 0 spiro atoms. The van der Waals surface area contributed by atoms with Crippen molar-refractivity contribution in [1.29, 1.82) is 0 Å². The highest BCUT2D eigenvalue weighted by molar-refractivity contribution is 7.98. The monoisotopic (exact) mass is 1430 g/mol. The predicted molar refractivity (Wildman–Crippen MR) is 373 cm³/mol. The first-order valence-corrected chi connectivity index (χ1v) is 35.7. The highest BCUT2D eigenvalue weighted by atomic mass is 32.2. The van der Waals surface area contributed by atoms with Crippen LogP contribution in [0.2, 0.25) is 0 Å². The lowest BCUT2D eigenvalue weighted by molar-refractivity contribution is -0.148. The van der Waals surface area contributed by atoms with Crippen LogP contribution in [0.5, 0.6) is 0 Å². The van der Waals surface area contributed by atoms with Crippen molar-refractivity contribution in [3.05, 3.63) is 161 Å². The number of carboxylic acid groups (broad SMARTS) is 1. The average Bonchev–Trinajstić information content (AvgIpc) is 1.65. The summed E-state index contributed by atoms with van der Waals surface area (Å²) in [5.74, 6) is -10.4. The van der Waals surface area contributed by atoms with Gasteiger partial charge in [0.15, 0.2) is 0 Å². The van der Waals surface area contributed by atoms with Crippen LogP contribution in [0.4, 0.5) is 8.78 Å². The Labute approximate surface area is 587 Å². The van der Waals surface area contributed by atoms with E-state index in [2.05, 4.69) is 57.2 Å². The molecule has 6 heterocycles. The molecule has 15 N–H and O–H groups in total. The summed E-state index contributed by atoms with van der Waals surface area (Å²) in [5, 5.41) is 29.5. The van der Waals surface area contributed by atoms with Crippen molar-refractivity contribution >= 4 is 110 Å². The second-order valence-electron chi connectivity index (χ2n) is 25.3. The van der Waals surface area contributed by atoms with Crippen LogP contribution >= 0.6 is 23.5 Å². The molecule has 31 heteroatoms. The van der Waals surface area contributed by atoms with Gasteiger partial charge in [0.1, 0.15) is 60.0 Å². The molecule has 9 atom stereocenters. The third-order valence-electron chi connectivity index (χ3n) is 18.2. The molecule has 7 aromatic rings. The van der Waals surface area contributed by atoms with Crippen LogP contribution in [0.1, 0.15) is 90.8 Å². The van der Waals surface area contributed by atoms with Crippen LogP contribution in [0.25, 0.3) is 21.8 Å². The Morgan fingerprint density at radius 3 is 1.89 bits per heavy atom. The summed E-state index contributed by atoms with van der Waals surface area (Å²) < 4.78 is 29.9. The Hall–Kier alpha value is -10.1. The highest BCUT2D eigenvalue weighted by Gasteiger charge is 2.49. The van der Waals surface area contributed by atoms with Crippen LogP contribution < -0.4 is 48.7 Å². The number of aromatic amines is 3. The quantitative estimate of drug-likeness (QED) is 0.0696. The predicted octanol–water partition coefficient (Wildman–Crippen LogP) is 2.74. The SMILES string of the molecule is NCCCC[C@@H]1NC(=O)CCSCc2cccc(c2)CSC[C@@H](C(N)=O)NC(=O)[C@@H]2CCCN2C(=O)[C@@H]2[C@@H](c3ccccc3)CCN2C(=O)[C@H](Cc2cnc[nH]2)NC(=O)[C@H](CC(=O)O)NC(=O)[C@H](Cc2c[nH]c3ccc(F)cc23)NC(=O)[C@H](Cc2c[nH]c3ccc(F)cc23)NC(=O)CNC1=O. The number of carbonyl (C=O) groups excluding carboxylic acids is 10. The van der Waals surface area contributed by atoms with Gasteiger partial charge in [-0.05, 0) is 109 Å². The number of aliphatic carboxylic acids is 1. The molecule has 3 aliphatic heterocycles. The molecule has 10 rings (SSSR count). The maximum Gasteiger partial charge on any atom is 0.305 e. The number of carbonyl (C=O) groups is 11. The highest BCUT2D eigenvalue weighted by Crippen LogP contribution is 2.37. The van der Waals surface area contributed by atoms with E-state index in [1.54, 1.807) is 30.3 Å². The standard InChI is InChI=1S/C70H81F2N15O12S2/c71-44-14-16-50-48(27-44)42(31-76-50)25-53-65(94)82-54(26-43-32-77-51-17-15-45(72)28-49(43)51)66(95)83-55(30-61(90)91)67(96)84-56(29-46-33-75-38-79-46)69(98)87-22-18-47(41-10-2-1-3-11-41)62(87)70(99)86-21-7-13-58(86)68(97)85-57(63(74)92)37-101-36-40-9-6-8-39(24-40)35-100-23-19-59(88)80-52(12-4-5-20-73)64(93)78-34-60(89)81-53/h1-3,6,8-11,14-17,24,27-28,31-33,38,47,52-58,62,76-77H,4-5,7,12-13,18-23,25-26,29-30,34-37,73H2,(H2,74,92)(H,75,79)(H,78,93)(H,80,88)(H,81,89)(H,82,94)(H,83,95)(H,84,96)(H,85,97)(H,90,91)/t47-,52+,53+,54+,55+,56+,57+,58+,62+/m1/s1. The van der Waals surface area contributed by atoms with E-state index in [9.17, 15) is 47.4 Å². The van der Waals surface area contributed by atoms with Gasteiger partial charge in [-0.3, -0.25) is 52.7 Å². The van der Waals surface area contributed by atoms with E-state index in [1.165, 1.54) is 94.6 Å². The van der Waals surface area contributed by atoms with Crippen molar-refractivity contribution in [1.82, 2.24) is 67.0 Å². The van der Waals surface area contributed by atoms with E-state index in [4.69, 9.17) is 11.5 Å². The van der Waals surface area contributed by atoms with E-state index >= 15 is 19.2 Å². The van der Waals surface area contributed by atoms with Gasteiger partial charge < -0.3 is 78.5 Å². The molecule has 3 aliphatic rings. The number of hydrogen-bond donors (Lipinski definition) is 13. The van der Waals surface area contributed by atoms with E-state index in [0.29, 0.717) is 76.3 Å². The number of thioether (sulfide) groups is 2. The first-order valence-electron chi connectivity index (χ1n) is 33.4. The smallest absolute Gasteiger partial charge is 0.305 e. The van der Waals surface area contributed by atoms with Gasteiger partial charge in [-0.25, -0.2) is 13.8 Å². The minimum Gasteiger partial charge on any atom is -0.481 e. The zero-order valence-corrected chi connectivity index (χ0v) is 56.7. The second-order valence-corrected chi connectivity index (χ2v) is 27.4. The molecule has 0 saturated carbocycles. The molecule has 10 amide bonds. The van der Waals surface area contributed by atoms with Gasteiger partial charge in [-0.2, -0.15) is 23.5 Å². The van der Waals surface area contributed by atoms with Crippen LogP contribution in [-0.2, 0) is 83.5 Å². The third kappa shape index (κ3) is 19.4. The van der Waals surface area contributed by atoms with E-state index in [-0.39, 0.29) is 68.3 Å². The fraction of sp³-hybridized carbons (Fsp3) is 0.400. The van der Waals surface area contributed by atoms with Crippen molar-refractivity contribution in [2.24, 2.45) is 11.5 Å². The van der Waals surface area contributed by atoms with Crippen molar-refractivity contribution in [2.75, 3.05) is 37.7 Å². The minimum absolute atomic E-state index is 0.0204. The summed E-state index contributed by atoms with van der Waals surface area (Å²) in [4.78, 5) is 174. The van der Waals surface area contributed by atoms with E-state index in [0.717, 1.165) is 11.1 Å². The number of carboxylic acids is 1. The fourth-order valence-corrected chi connectivity index (χ4v) is 15.0. The summed E-state index contributed by atoms with van der Waals surface area (Å²) in [6.07, 6.45) is 5.40. The zero-order valence-electron chi connectivity index (χ0n) is 55.1. The van der Waals surface area contributed by atoms with Crippen molar-refractivity contribution in [3.8, 4) is 0 Å². The lowest BCUT2D eigenvalue weighted by Crippen LogP contribution is -2.61. The lowest BCUT2D eigenvalue weighted by Gasteiger charge is -2.35. The van der Waals surface area contributed by atoms with Gasteiger partial charge in [0.2, 0.25) is 59.1 Å². The molecule has 2 bridgehead atoms. The number of imidazole rings is 1. The van der Waals surface area contributed by atoms with Crippen molar-refractivity contribution < 1.29 is 66.6 Å². The number of rotatable bonds is 14. The molecule has 0 unspecified atom stereocenters. The number of benzene rings is 4. The number of aromatic nitrogens is 4. The number of hydrogen-bond acceptors (Lipinski definition) is 15. The average molecular weight is 1430 g/mol. The van der Waals surface area contributed by atoms with Gasteiger partial charge in [0, 0.05) is 114 Å². The molecule has 2 saturated heterocycles. The number of nitrogens with zero attached hydrogens (tertiary/aromatic N) is 3. The molecular weight excluding hydrogens is 1340 g/mol. The molecule has 4 aromatic carbocycles. The number of nitrogens with two attached hydrogens (primary N) is 2. The number of primary amides is 1. The van der Waals surface area contributed by atoms with E-state index in [1.807, 2.05) is 24.3 Å². The summed E-state index contributed by atoms with van der Waals surface area (Å²) >= 11 is 2.83. The molecule has 101 heavy (non-hydrogen) atoms.